The number of carbonyl (C=O) groups is 1. The van der Waals surface area contributed by atoms with Crippen molar-refractivity contribution in [1.29, 1.82) is 0 Å². The van der Waals surface area contributed by atoms with Crippen LogP contribution >= 0.6 is 0 Å². The van der Waals surface area contributed by atoms with E-state index in [9.17, 15) is 4.79 Å². The summed E-state index contributed by atoms with van der Waals surface area (Å²) in [7, 11) is 0. The fraction of sp³-hybridized carbons (Fsp3) is 0.345. The first-order chi connectivity index (χ1) is 16.6. The molecule has 0 atom stereocenters. The maximum atomic E-state index is 14.1. The van der Waals surface area contributed by atoms with Crippen molar-refractivity contribution in [2.45, 2.75) is 32.7 Å². The van der Waals surface area contributed by atoms with E-state index in [2.05, 4.69) is 48.2 Å². The van der Waals surface area contributed by atoms with Crippen molar-refractivity contribution < 1.29 is 4.79 Å². The number of nitrogens with zero attached hydrogens (tertiary/aromatic N) is 3. The minimum absolute atomic E-state index is 0.00797. The van der Waals surface area contributed by atoms with Crippen LogP contribution in [0.5, 0.6) is 0 Å². The second kappa shape index (κ2) is 11.7. The molecule has 0 aromatic heterocycles. The van der Waals surface area contributed by atoms with E-state index in [1.54, 1.807) is 0 Å². The van der Waals surface area contributed by atoms with Crippen molar-refractivity contribution in [1.82, 2.24) is 9.80 Å². The molecule has 0 aliphatic carbocycles. The van der Waals surface area contributed by atoms with Gasteiger partial charge < -0.3 is 15.5 Å². The fourth-order valence-corrected chi connectivity index (χ4v) is 4.53. The molecule has 5 heteroatoms. The summed E-state index contributed by atoms with van der Waals surface area (Å²) in [5, 5.41) is 0. The predicted octanol–water partition coefficient (Wildman–Crippen LogP) is 5.34. The van der Waals surface area contributed by atoms with Gasteiger partial charge in [-0.25, -0.2) is 4.79 Å². The molecule has 2 N–H and O–H groups in total. The molecule has 2 amide bonds. The Morgan fingerprint density at radius 2 is 1.53 bits per heavy atom. The predicted molar refractivity (Wildman–Crippen MR) is 141 cm³/mol. The van der Waals surface area contributed by atoms with Gasteiger partial charge in [0.15, 0.2) is 0 Å². The number of rotatable bonds is 9. The molecule has 0 saturated carbocycles. The summed E-state index contributed by atoms with van der Waals surface area (Å²) >= 11 is 0. The highest BCUT2D eigenvalue weighted by Crippen LogP contribution is 2.25. The molecule has 3 aromatic rings. The number of amides is 2. The Morgan fingerprint density at radius 1 is 0.853 bits per heavy atom. The van der Waals surface area contributed by atoms with Crippen LogP contribution in [0.2, 0.25) is 0 Å². The lowest BCUT2D eigenvalue weighted by molar-refractivity contribution is 0.191. The molecule has 1 fully saturated rings. The van der Waals surface area contributed by atoms with Crippen molar-refractivity contribution in [3.63, 3.8) is 0 Å². The van der Waals surface area contributed by atoms with Crippen molar-refractivity contribution in [3.05, 3.63) is 95.6 Å². The molecular weight excluding hydrogens is 420 g/mol. The Morgan fingerprint density at radius 3 is 2.24 bits per heavy atom. The molecular formula is C29H36N4O. The lowest BCUT2D eigenvalue weighted by Crippen LogP contribution is -2.46. The second-order valence-corrected chi connectivity index (χ2v) is 9.18. The van der Waals surface area contributed by atoms with Gasteiger partial charge in [0, 0.05) is 26.2 Å². The topological polar surface area (TPSA) is 52.8 Å². The van der Waals surface area contributed by atoms with Gasteiger partial charge in [0.25, 0.3) is 0 Å². The maximum Gasteiger partial charge on any atom is 0.324 e. The zero-order valence-corrected chi connectivity index (χ0v) is 20.2. The van der Waals surface area contributed by atoms with Crippen LogP contribution in [0.3, 0.4) is 0 Å². The molecule has 178 valence electrons. The number of carbonyl (C=O) groups excluding carboxylic acids is 1. The number of nitrogens with two attached hydrogens (primary N) is 1. The smallest absolute Gasteiger partial charge is 0.324 e. The number of benzene rings is 3. The number of anilines is 2. The quantitative estimate of drug-likeness (QED) is 0.442. The SMILES string of the molecule is Cc1ccc(CN(CCN2CCCC2)C(=O)N(CCc2ccccc2)c2ccccc2N)cc1. The van der Waals surface area contributed by atoms with E-state index >= 15 is 0 Å². The van der Waals surface area contributed by atoms with Gasteiger partial charge in [0.05, 0.1) is 11.4 Å². The lowest BCUT2D eigenvalue weighted by atomic mass is 10.1. The lowest BCUT2D eigenvalue weighted by Gasteiger charge is -2.33. The third kappa shape index (κ3) is 6.39. The van der Waals surface area contributed by atoms with Gasteiger partial charge in [0.2, 0.25) is 0 Å². The third-order valence-corrected chi connectivity index (χ3v) is 6.57. The minimum Gasteiger partial charge on any atom is -0.397 e. The normalized spacial score (nSPS) is 13.7. The Hall–Kier alpha value is -3.31. The summed E-state index contributed by atoms with van der Waals surface area (Å²) in [4.78, 5) is 20.4. The average Bonchev–Trinajstić information content (AvgIpc) is 3.38. The van der Waals surface area contributed by atoms with Crippen LogP contribution in [0.15, 0.2) is 78.9 Å². The Labute approximate surface area is 203 Å². The Kier molecular flexibility index (Phi) is 8.21. The zero-order valence-electron chi connectivity index (χ0n) is 20.2. The number of para-hydroxylation sites is 2. The number of hydrogen-bond donors (Lipinski definition) is 1. The minimum atomic E-state index is 0.00797. The van der Waals surface area contributed by atoms with Crippen molar-refractivity contribution in [3.8, 4) is 0 Å². The molecule has 1 aliphatic heterocycles. The van der Waals surface area contributed by atoms with E-state index in [1.807, 2.05) is 52.3 Å². The molecule has 5 nitrogen and oxygen atoms in total. The first-order valence-electron chi connectivity index (χ1n) is 12.3. The van der Waals surface area contributed by atoms with Gasteiger partial charge in [-0.05, 0) is 62.5 Å². The largest absolute Gasteiger partial charge is 0.397 e. The fourth-order valence-electron chi connectivity index (χ4n) is 4.53. The summed E-state index contributed by atoms with van der Waals surface area (Å²) in [6.45, 7) is 7.08. The van der Waals surface area contributed by atoms with E-state index in [4.69, 9.17) is 5.73 Å². The number of aryl methyl sites for hydroxylation is 1. The summed E-state index contributed by atoms with van der Waals surface area (Å²) in [6.07, 6.45) is 3.26. The Balaban J connectivity index is 1.58. The molecule has 1 heterocycles. The Bertz CT molecular complexity index is 1050. The molecule has 3 aromatic carbocycles. The molecule has 0 radical (unpaired) electrons. The van der Waals surface area contributed by atoms with Crippen LogP contribution in [0, 0.1) is 6.92 Å². The van der Waals surface area contributed by atoms with E-state index in [0.717, 1.165) is 37.3 Å². The van der Waals surface area contributed by atoms with Gasteiger partial charge in [0.1, 0.15) is 0 Å². The number of likely N-dealkylation sites (tertiary alicyclic amines) is 1. The van der Waals surface area contributed by atoms with Crippen molar-refractivity contribution >= 4 is 17.4 Å². The van der Waals surface area contributed by atoms with Crippen LogP contribution in [0.25, 0.3) is 0 Å². The number of hydrogen-bond acceptors (Lipinski definition) is 3. The van der Waals surface area contributed by atoms with Crippen LogP contribution < -0.4 is 10.6 Å². The summed E-state index contributed by atoms with van der Waals surface area (Å²) in [5.41, 5.74) is 11.3. The van der Waals surface area contributed by atoms with Gasteiger partial charge in [-0.15, -0.1) is 0 Å². The van der Waals surface area contributed by atoms with E-state index < -0.39 is 0 Å². The van der Waals surface area contributed by atoms with Crippen molar-refractivity contribution in [2.75, 3.05) is 43.4 Å². The highest BCUT2D eigenvalue weighted by atomic mass is 16.2. The number of urea groups is 1. The molecule has 0 bridgehead atoms. The van der Waals surface area contributed by atoms with Crippen LogP contribution in [-0.2, 0) is 13.0 Å². The van der Waals surface area contributed by atoms with Gasteiger partial charge in [-0.3, -0.25) is 4.90 Å². The maximum absolute atomic E-state index is 14.1. The summed E-state index contributed by atoms with van der Waals surface area (Å²) < 4.78 is 0. The first kappa shape index (κ1) is 23.8. The molecule has 0 unspecified atom stereocenters. The van der Waals surface area contributed by atoms with Gasteiger partial charge in [-0.2, -0.15) is 0 Å². The average molecular weight is 457 g/mol. The first-order valence-corrected chi connectivity index (χ1v) is 12.3. The van der Waals surface area contributed by atoms with Crippen LogP contribution in [0.1, 0.15) is 29.5 Å². The monoisotopic (exact) mass is 456 g/mol. The van der Waals surface area contributed by atoms with E-state index in [0.29, 0.717) is 25.3 Å². The van der Waals surface area contributed by atoms with Crippen LogP contribution in [-0.4, -0.2) is 48.6 Å². The highest BCUT2D eigenvalue weighted by molar-refractivity contribution is 5.95. The second-order valence-electron chi connectivity index (χ2n) is 9.18. The zero-order chi connectivity index (χ0) is 23.8. The van der Waals surface area contributed by atoms with E-state index in [-0.39, 0.29) is 6.03 Å². The number of nitrogen functional groups attached to an aromatic ring is 1. The van der Waals surface area contributed by atoms with Gasteiger partial charge in [-0.1, -0.05) is 72.3 Å². The molecule has 1 aliphatic rings. The standard InChI is InChI=1S/C29H36N4O/c1-24-13-15-26(16-14-24)23-32(22-21-31-18-7-8-19-31)29(34)33(28-12-6-5-11-27(28)30)20-17-25-9-3-2-4-10-25/h2-6,9-16H,7-8,17-23,30H2,1H3. The summed E-state index contributed by atoms with van der Waals surface area (Å²) in [5.74, 6) is 0. The molecule has 4 rings (SSSR count). The summed E-state index contributed by atoms with van der Waals surface area (Å²) in [6, 6.07) is 26.5. The van der Waals surface area contributed by atoms with Crippen LogP contribution in [0.4, 0.5) is 16.2 Å². The third-order valence-electron chi connectivity index (χ3n) is 6.57. The molecule has 1 saturated heterocycles. The highest BCUT2D eigenvalue weighted by Gasteiger charge is 2.25. The molecule has 34 heavy (non-hydrogen) atoms. The van der Waals surface area contributed by atoms with E-state index in [1.165, 1.54) is 24.0 Å². The van der Waals surface area contributed by atoms with Crippen molar-refractivity contribution in [2.24, 2.45) is 0 Å². The van der Waals surface area contributed by atoms with Gasteiger partial charge >= 0.3 is 6.03 Å². The molecule has 0 spiro atoms.